The number of hydrogen-bond acceptors (Lipinski definition) is 12. The standard InChI is InChI=1S/C34H57N5O12/c1-3-50-33(48)26-9-5-24(6-10-26)17-35-28(40)19-38(22-31(44)45)15-13-37(21-30(42)43)14-16-39(23-32(46)47)20-29(41)36-18-25-7-11-27(12-8-25)34(49)51-4-2/h24-27H,3-23H2,1-2H3,(H,35,40)(H,36,41)(H,42,43)(H,44,45)(H,46,47). The van der Waals surface area contributed by atoms with E-state index in [2.05, 4.69) is 10.6 Å². The van der Waals surface area contributed by atoms with Crippen molar-refractivity contribution in [2.24, 2.45) is 23.7 Å². The maximum atomic E-state index is 12.8. The summed E-state index contributed by atoms with van der Waals surface area (Å²) in [5.74, 6) is -4.49. The SMILES string of the molecule is CCOC(=O)C1CCC(CNC(=O)CN(CCN(CCN(CC(=O)O)CC(=O)NCC2CCC(C(=O)OCC)CC2)CC(=O)O)CC(=O)O)CC1. The fraction of sp³-hybridized carbons (Fsp3) is 0.794. The molecular formula is C34H57N5O12. The molecule has 2 amide bonds. The topological polar surface area (TPSA) is 232 Å². The number of rotatable bonds is 24. The largest absolute Gasteiger partial charge is 0.480 e. The van der Waals surface area contributed by atoms with Gasteiger partial charge in [-0.05, 0) is 77.0 Å². The quantitative estimate of drug-likeness (QED) is 0.0831. The molecule has 0 aromatic rings. The highest BCUT2D eigenvalue weighted by molar-refractivity contribution is 5.79. The van der Waals surface area contributed by atoms with Crippen LogP contribution in [0, 0.1) is 23.7 Å². The molecule has 0 heterocycles. The van der Waals surface area contributed by atoms with Crippen LogP contribution in [-0.2, 0) is 43.0 Å². The summed E-state index contributed by atoms with van der Waals surface area (Å²) in [6.07, 6.45) is 5.75. The molecule has 5 N–H and O–H groups in total. The molecule has 2 aliphatic rings. The van der Waals surface area contributed by atoms with E-state index in [1.807, 2.05) is 0 Å². The second-order valence-electron chi connectivity index (χ2n) is 13.4. The Hall–Kier alpha value is -3.83. The highest BCUT2D eigenvalue weighted by Crippen LogP contribution is 2.30. The Labute approximate surface area is 299 Å². The second kappa shape index (κ2) is 23.6. The predicted molar refractivity (Wildman–Crippen MR) is 182 cm³/mol. The number of carbonyl (C=O) groups excluding carboxylic acids is 4. The van der Waals surface area contributed by atoms with Crippen molar-refractivity contribution in [2.45, 2.75) is 65.2 Å². The molecule has 51 heavy (non-hydrogen) atoms. The summed E-state index contributed by atoms with van der Waals surface area (Å²) in [5, 5.41) is 34.1. The smallest absolute Gasteiger partial charge is 0.317 e. The lowest BCUT2D eigenvalue weighted by molar-refractivity contribution is -0.150. The van der Waals surface area contributed by atoms with E-state index in [1.54, 1.807) is 13.8 Å². The van der Waals surface area contributed by atoms with Crippen molar-refractivity contribution in [1.82, 2.24) is 25.3 Å². The minimum Gasteiger partial charge on any atom is -0.480 e. The van der Waals surface area contributed by atoms with Crippen molar-refractivity contribution in [3.05, 3.63) is 0 Å². The van der Waals surface area contributed by atoms with E-state index < -0.39 is 37.5 Å². The average Bonchev–Trinajstić information content (AvgIpc) is 3.07. The predicted octanol–water partition coefficient (Wildman–Crippen LogP) is 0.118. The van der Waals surface area contributed by atoms with Gasteiger partial charge in [0.25, 0.3) is 0 Å². The van der Waals surface area contributed by atoms with Gasteiger partial charge in [0.2, 0.25) is 11.8 Å². The zero-order valence-corrected chi connectivity index (χ0v) is 30.0. The van der Waals surface area contributed by atoms with Crippen LogP contribution in [0.4, 0.5) is 0 Å². The second-order valence-corrected chi connectivity index (χ2v) is 13.4. The van der Waals surface area contributed by atoms with E-state index in [4.69, 9.17) is 9.47 Å². The van der Waals surface area contributed by atoms with Gasteiger partial charge in [-0.3, -0.25) is 48.3 Å². The summed E-state index contributed by atoms with van der Waals surface area (Å²) >= 11 is 0. The lowest BCUT2D eigenvalue weighted by Gasteiger charge is -2.29. The van der Waals surface area contributed by atoms with Gasteiger partial charge < -0.3 is 35.4 Å². The van der Waals surface area contributed by atoms with Gasteiger partial charge in [-0.1, -0.05) is 0 Å². The molecule has 0 saturated heterocycles. The first-order valence-electron chi connectivity index (χ1n) is 18.0. The van der Waals surface area contributed by atoms with Crippen LogP contribution in [0.25, 0.3) is 0 Å². The van der Waals surface area contributed by atoms with Crippen LogP contribution >= 0.6 is 0 Å². The molecule has 0 spiro atoms. The lowest BCUT2D eigenvalue weighted by Crippen LogP contribution is -2.47. The zero-order valence-electron chi connectivity index (χ0n) is 30.0. The Kier molecular flexibility index (Phi) is 20.1. The molecule has 0 aromatic carbocycles. The fourth-order valence-corrected chi connectivity index (χ4v) is 6.60. The number of carbonyl (C=O) groups is 7. The number of nitrogens with zero attached hydrogens (tertiary/aromatic N) is 3. The Balaban J connectivity index is 1.84. The van der Waals surface area contributed by atoms with Crippen molar-refractivity contribution in [2.75, 3.05) is 85.2 Å². The average molecular weight is 728 g/mol. The number of ether oxygens (including phenoxy) is 2. The van der Waals surface area contributed by atoms with Gasteiger partial charge >= 0.3 is 29.8 Å². The number of hydrogen-bond donors (Lipinski definition) is 5. The number of amides is 2. The van der Waals surface area contributed by atoms with Crippen molar-refractivity contribution in [1.29, 1.82) is 0 Å². The Morgan fingerprint density at radius 2 is 0.824 bits per heavy atom. The Bertz CT molecular complexity index is 1070. The Morgan fingerprint density at radius 3 is 1.14 bits per heavy atom. The summed E-state index contributed by atoms with van der Waals surface area (Å²) in [6, 6.07) is 0. The third kappa shape index (κ3) is 18.3. The van der Waals surface area contributed by atoms with Crippen LogP contribution < -0.4 is 10.6 Å². The monoisotopic (exact) mass is 727 g/mol. The van der Waals surface area contributed by atoms with E-state index in [9.17, 15) is 48.9 Å². The van der Waals surface area contributed by atoms with Crippen molar-refractivity contribution in [3.63, 3.8) is 0 Å². The van der Waals surface area contributed by atoms with Gasteiger partial charge in [0.15, 0.2) is 0 Å². The minimum atomic E-state index is -1.16. The van der Waals surface area contributed by atoms with E-state index in [1.165, 1.54) is 14.7 Å². The number of nitrogens with one attached hydrogen (secondary N) is 2. The molecular weight excluding hydrogens is 670 g/mol. The molecule has 17 nitrogen and oxygen atoms in total. The van der Waals surface area contributed by atoms with Crippen LogP contribution in [0.5, 0.6) is 0 Å². The lowest BCUT2D eigenvalue weighted by atomic mass is 9.82. The van der Waals surface area contributed by atoms with E-state index in [-0.39, 0.29) is 86.7 Å². The molecule has 0 unspecified atom stereocenters. The van der Waals surface area contributed by atoms with Gasteiger partial charge in [-0.2, -0.15) is 0 Å². The highest BCUT2D eigenvalue weighted by Gasteiger charge is 2.29. The normalized spacial score (nSPS) is 20.5. The van der Waals surface area contributed by atoms with Gasteiger partial charge in [0.1, 0.15) is 0 Å². The van der Waals surface area contributed by atoms with Crippen LogP contribution in [0.2, 0.25) is 0 Å². The summed E-state index contributed by atoms with van der Waals surface area (Å²) in [5.41, 5.74) is 0. The minimum absolute atomic E-state index is 0.0511. The van der Waals surface area contributed by atoms with Crippen LogP contribution in [0.1, 0.15) is 65.2 Å². The van der Waals surface area contributed by atoms with Gasteiger partial charge in [0.05, 0.1) is 57.8 Å². The third-order valence-corrected chi connectivity index (χ3v) is 9.39. The molecule has 2 rings (SSSR count). The molecule has 0 aromatic heterocycles. The molecule has 2 aliphatic carbocycles. The van der Waals surface area contributed by atoms with Crippen molar-refractivity contribution < 1.29 is 58.4 Å². The highest BCUT2D eigenvalue weighted by atomic mass is 16.5. The van der Waals surface area contributed by atoms with Gasteiger partial charge in [-0.15, -0.1) is 0 Å². The van der Waals surface area contributed by atoms with Crippen LogP contribution in [0.3, 0.4) is 0 Å². The summed E-state index contributed by atoms with van der Waals surface area (Å²) in [6.45, 7) is 3.49. The van der Waals surface area contributed by atoms with Gasteiger partial charge in [-0.25, -0.2) is 0 Å². The first kappa shape index (κ1) is 43.3. The van der Waals surface area contributed by atoms with E-state index in [0.29, 0.717) is 52.0 Å². The Morgan fingerprint density at radius 1 is 0.510 bits per heavy atom. The molecule has 0 radical (unpaired) electrons. The molecule has 0 bridgehead atoms. The maximum absolute atomic E-state index is 12.8. The molecule has 17 heteroatoms. The molecule has 2 fully saturated rings. The van der Waals surface area contributed by atoms with Crippen molar-refractivity contribution >= 4 is 41.7 Å². The number of carboxylic acids is 3. The first-order valence-corrected chi connectivity index (χ1v) is 18.0. The third-order valence-electron chi connectivity index (χ3n) is 9.39. The van der Waals surface area contributed by atoms with E-state index in [0.717, 1.165) is 25.7 Å². The molecule has 0 aliphatic heterocycles. The molecule has 0 atom stereocenters. The summed E-state index contributed by atoms with van der Waals surface area (Å²) < 4.78 is 10.2. The maximum Gasteiger partial charge on any atom is 0.317 e. The summed E-state index contributed by atoms with van der Waals surface area (Å²) in [7, 11) is 0. The van der Waals surface area contributed by atoms with Crippen LogP contribution in [0.15, 0.2) is 0 Å². The number of aliphatic carboxylic acids is 3. The molecule has 2 saturated carbocycles. The van der Waals surface area contributed by atoms with Crippen molar-refractivity contribution in [3.8, 4) is 0 Å². The first-order chi connectivity index (χ1) is 24.3. The van der Waals surface area contributed by atoms with Gasteiger partial charge in [0, 0.05) is 39.3 Å². The number of esters is 2. The van der Waals surface area contributed by atoms with E-state index >= 15 is 0 Å². The number of carboxylic acid groups (broad SMARTS) is 3. The molecule has 290 valence electrons. The zero-order chi connectivity index (χ0) is 37.8. The fourth-order valence-electron chi connectivity index (χ4n) is 6.60. The summed E-state index contributed by atoms with van der Waals surface area (Å²) in [4.78, 5) is 88.5. The van der Waals surface area contributed by atoms with Crippen LogP contribution in [-0.4, -0.2) is 157 Å².